The normalized spacial score (nSPS) is 13.0. The first-order valence-corrected chi connectivity index (χ1v) is 18.3. The highest BCUT2D eigenvalue weighted by Gasteiger charge is 2.41. The lowest BCUT2D eigenvalue weighted by molar-refractivity contribution is 0.487. The van der Waals surface area contributed by atoms with E-state index >= 15 is 0 Å². The summed E-state index contributed by atoms with van der Waals surface area (Å²) in [5, 5.41) is 7.71. The Morgan fingerprint density at radius 3 is 1.85 bits per heavy atom. The van der Waals surface area contributed by atoms with Crippen LogP contribution in [0.2, 0.25) is 0 Å². The monoisotopic (exact) mass is 673 g/mol. The van der Waals surface area contributed by atoms with Gasteiger partial charge in [0.2, 0.25) is 0 Å². The molecule has 0 unspecified atom stereocenters. The van der Waals surface area contributed by atoms with E-state index in [2.05, 4.69) is 184 Å². The third-order valence-electron chi connectivity index (χ3n) is 11.8. The van der Waals surface area contributed by atoms with Gasteiger partial charge < -0.3 is 18.6 Å². The molecule has 13 rings (SSSR count). The molecule has 0 spiro atoms. The van der Waals surface area contributed by atoms with Crippen molar-refractivity contribution in [3.05, 3.63) is 170 Å². The summed E-state index contributed by atoms with van der Waals surface area (Å²) >= 11 is 0. The first-order chi connectivity index (χ1) is 26.3. The summed E-state index contributed by atoms with van der Waals surface area (Å²) in [6.07, 6.45) is 0. The van der Waals surface area contributed by atoms with Gasteiger partial charge in [-0.1, -0.05) is 109 Å². The summed E-state index contributed by atoms with van der Waals surface area (Å²) < 4.78 is 12.1. The Balaban J connectivity index is 1.25. The highest BCUT2D eigenvalue weighted by Crippen LogP contribution is 2.48. The van der Waals surface area contributed by atoms with E-state index < -0.39 is 0 Å². The van der Waals surface area contributed by atoms with Gasteiger partial charge in [0.15, 0.2) is 0 Å². The van der Waals surface area contributed by atoms with Gasteiger partial charge in [-0.15, -0.1) is 0 Å². The van der Waals surface area contributed by atoms with E-state index in [4.69, 9.17) is 4.74 Å². The SMILES string of the molecule is c1ccc(N(c2ccccc2)c2cc3c4c(c2)-n2c5c(cccc5c5cc6c7ccccc7n7c8ccccc8c(c52)c67)B4c2ccccc2O3)cc1. The first kappa shape index (κ1) is 27.7. The van der Waals surface area contributed by atoms with Crippen LogP contribution in [0.3, 0.4) is 0 Å². The number of hydrogen-bond donors (Lipinski definition) is 0. The molecule has 0 atom stereocenters. The Labute approximate surface area is 304 Å². The highest BCUT2D eigenvalue weighted by atomic mass is 16.5. The number of aromatic nitrogens is 2. The van der Waals surface area contributed by atoms with E-state index in [1.807, 2.05) is 0 Å². The maximum absolute atomic E-state index is 6.98. The largest absolute Gasteiger partial charge is 0.458 e. The van der Waals surface area contributed by atoms with Crippen molar-refractivity contribution in [3.63, 3.8) is 0 Å². The van der Waals surface area contributed by atoms with Gasteiger partial charge in [0.1, 0.15) is 11.5 Å². The van der Waals surface area contributed by atoms with Crippen molar-refractivity contribution in [2.24, 2.45) is 0 Å². The molecule has 8 aromatic carbocycles. The van der Waals surface area contributed by atoms with E-state index in [1.54, 1.807) is 0 Å². The zero-order valence-electron chi connectivity index (χ0n) is 28.5. The Kier molecular flexibility index (Phi) is 5.16. The molecule has 0 radical (unpaired) electrons. The first-order valence-electron chi connectivity index (χ1n) is 18.3. The smallest absolute Gasteiger partial charge is 0.256 e. The molecule has 11 aromatic rings. The van der Waals surface area contributed by atoms with Crippen LogP contribution in [0, 0.1) is 0 Å². The van der Waals surface area contributed by atoms with Crippen LogP contribution in [0.15, 0.2) is 170 Å². The van der Waals surface area contributed by atoms with Crippen molar-refractivity contribution in [1.82, 2.24) is 8.97 Å². The van der Waals surface area contributed by atoms with Gasteiger partial charge in [-0.25, -0.2) is 0 Å². The molecule has 0 aliphatic carbocycles. The summed E-state index contributed by atoms with van der Waals surface area (Å²) in [5.41, 5.74) is 14.4. The number of para-hydroxylation sites is 6. The van der Waals surface area contributed by atoms with Crippen molar-refractivity contribution in [3.8, 4) is 17.2 Å². The van der Waals surface area contributed by atoms with Crippen LogP contribution in [0.4, 0.5) is 17.1 Å². The topological polar surface area (TPSA) is 21.8 Å². The fraction of sp³-hybridized carbons (Fsp3) is 0. The minimum absolute atomic E-state index is 0.0337. The fourth-order valence-electron chi connectivity index (χ4n) is 9.85. The van der Waals surface area contributed by atoms with Crippen LogP contribution in [0.25, 0.3) is 65.6 Å². The minimum atomic E-state index is 0.0337. The molecule has 53 heavy (non-hydrogen) atoms. The van der Waals surface area contributed by atoms with Gasteiger partial charge in [0.05, 0.1) is 27.8 Å². The number of hydrogen-bond acceptors (Lipinski definition) is 2. The molecule has 2 aliphatic rings. The summed E-state index contributed by atoms with van der Waals surface area (Å²) in [4.78, 5) is 2.35. The number of rotatable bonds is 3. The number of fused-ring (bicyclic) bond motifs is 14. The van der Waals surface area contributed by atoms with Gasteiger partial charge >= 0.3 is 0 Å². The lowest BCUT2D eigenvalue weighted by Gasteiger charge is -2.35. The quantitative estimate of drug-likeness (QED) is 0.174. The van der Waals surface area contributed by atoms with Crippen molar-refractivity contribution in [1.29, 1.82) is 0 Å². The molecule has 2 aliphatic heterocycles. The summed E-state index contributed by atoms with van der Waals surface area (Å²) in [6.45, 7) is 0.0337. The number of benzene rings is 8. The molecule has 0 amide bonds. The molecular formula is C48H28BN3O. The van der Waals surface area contributed by atoms with Crippen molar-refractivity contribution < 1.29 is 4.74 Å². The Morgan fingerprint density at radius 2 is 1.06 bits per heavy atom. The number of anilines is 3. The molecule has 5 heteroatoms. The summed E-state index contributed by atoms with van der Waals surface area (Å²) in [5.74, 6) is 1.81. The van der Waals surface area contributed by atoms with Gasteiger partial charge in [-0.05, 0) is 71.0 Å². The van der Waals surface area contributed by atoms with Crippen molar-refractivity contribution in [2.45, 2.75) is 0 Å². The van der Waals surface area contributed by atoms with Crippen LogP contribution in [0.5, 0.6) is 11.5 Å². The van der Waals surface area contributed by atoms with Gasteiger partial charge in [0.25, 0.3) is 6.71 Å². The van der Waals surface area contributed by atoms with Crippen molar-refractivity contribution >= 4 is 100 Å². The zero-order valence-corrected chi connectivity index (χ0v) is 28.5. The molecular weight excluding hydrogens is 645 g/mol. The summed E-state index contributed by atoms with van der Waals surface area (Å²) in [7, 11) is 0. The third-order valence-corrected chi connectivity index (χ3v) is 11.8. The van der Waals surface area contributed by atoms with Gasteiger partial charge in [-0.3, -0.25) is 0 Å². The second kappa shape index (κ2) is 9.87. The second-order valence-corrected chi connectivity index (χ2v) is 14.4. The van der Waals surface area contributed by atoms with Crippen LogP contribution < -0.4 is 26.0 Å². The lowest BCUT2D eigenvalue weighted by Crippen LogP contribution is -2.58. The van der Waals surface area contributed by atoms with Gasteiger partial charge in [0, 0.05) is 61.0 Å². The molecule has 3 aromatic heterocycles. The number of ether oxygens (including phenoxy) is 1. The predicted molar refractivity (Wildman–Crippen MR) is 221 cm³/mol. The van der Waals surface area contributed by atoms with Gasteiger partial charge in [-0.2, -0.15) is 0 Å². The van der Waals surface area contributed by atoms with E-state index in [0.717, 1.165) is 34.2 Å². The average molecular weight is 674 g/mol. The van der Waals surface area contributed by atoms with E-state index in [0.29, 0.717) is 0 Å². The Bertz CT molecular complexity index is 3290. The van der Waals surface area contributed by atoms with Crippen LogP contribution in [-0.4, -0.2) is 15.7 Å². The standard InChI is InChI=1S/C48H28BN3O/c1-3-14-29(15-4-1)50(30-16-5-2-6-17-30)31-26-41-45-43(27-31)53-42-25-12-9-21-37(42)49(45)38-22-13-20-33-36-28-35-32-18-7-10-23-39(32)51-40-24-11-8-19-34(40)44(47(35)51)48(36)52(41)46(33)38/h1-28H. The third kappa shape index (κ3) is 3.42. The molecule has 244 valence electrons. The predicted octanol–water partition coefficient (Wildman–Crippen LogP) is 10.3. The van der Waals surface area contributed by atoms with E-state index in [-0.39, 0.29) is 6.71 Å². The van der Waals surface area contributed by atoms with Crippen molar-refractivity contribution in [2.75, 3.05) is 4.90 Å². The minimum Gasteiger partial charge on any atom is -0.458 e. The van der Waals surface area contributed by atoms with Crippen LogP contribution in [0.1, 0.15) is 0 Å². The second-order valence-electron chi connectivity index (χ2n) is 14.4. The maximum atomic E-state index is 6.98. The fourth-order valence-corrected chi connectivity index (χ4v) is 9.85. The molecule has 0 saturated carbocycles. The molecule has 0 N–H and O–H groups in total. The average Bonchev–Trinajstić information content (AvgIpc) is 3.85. The lowest BCUT2D eigenvalue weighted by atomic mass is 9.34. The molecule has 0 saturated heterocycles. The molecule has 0 fully saturated rings. The van der Waals surface area contributed by atoms with E-state index in [9.17, 15) is 0 Å². The van der Waals surface area contributed by atoms with E-state index in [1.165, 1.54) is 76.3 Å². The highest BCUT2D eigenvalue weighted by molar-refractivity contribution is 6.99. The van der Waals surface area contributed by atoms with Crippen LogP contribution >= 0.6 is 0 Å². The molecule has 5 heterocycles. The molecule has 4 nitrogen and oxygen atoms in total. The Morgan fingerprint density at radius 1 is 0.434 bits per heavy atom. The zero-order chi connectivity index (χ0) is 34.4. The maximum Gasteiger partial charge on any atom is 0.256 e. The summed E-state index contributed by atoms with van der Waals surface area (Å²) in [6, 6.07) is 61.8. The molecule has 0 bridgehead atoms. The number of nitrogens with zero attached hydrogens (tertiary/aromatic N) is 3. The Hall–Kier alpha value is -6.98. The van der Waals surface area contributed by atoms with Crippen LogP contribution in [-0.2, 0) is 0 Å².